The number of hydrogen-bond donors (Lipinski definition) is 2. The van der Waals surface area contributed by atoms with Crippen LogP contribution in [0.5, 0.6) is 0 Å². The minimum atomic E-state index is 0.163. The van der Waals surface area contributed by atoms with Gasteiger partial charge in [0, 0.05) is 36.1 Å². The van der Waals surface area contributed by atoms with Crippen molar-refractivity contribution in [1.29, 1.82) is 0 Å². The molecule has 1 amide bonds. The molecule has 1 fully saturated rings. The van der Waals surface area contributed by atoms with E-state index in [4.69, 9.17) is 9.51 Å². The van der Waals surface area contributed by atoms with E-state index in [1.807, 2.05) is 13.0 Å². The van der Waals surface area contributed by atoms with E-state index in [0.29, 0.717) is 24.8 Å². The minimum absolute atomic E-state index is 0.163. The lowest BCUT2D eigenvalue weighted by molar-refractivity contribution is -0.124. The van der Waals surface area contributed by atoms with Crippen LogP contribution in [0.2, 0.25) is 0 Å². The summed E-state index contributed by atoms with van der Waals surface area (Å²) in [6.07, 6.45) is 6.10. The van der Waals surface area contributed by atoms with E-state index in [-0.39, 0.29) is 11.8 Å². The molecule has 152 valence electrons. The highest BCUT2D eigenvalue weighted by atomic mass is 32.1. The maximum absolute atomic E-state index is 12.1. The van der Waals surface area contributed by atoms with Crippen molar-refractivity contribution in [3.05, 3.63) is 35.0 Å². The zero-order valence-electron chi connectivity index (χ0n) is 16.7. The van der Waals surface area contributed by atoms with Gasteiger partial charge < -0.3 is 15.2 Å². The summed E-state index contributed by atoms with van der Waals surface area (Å²) < 4.78 is 5.44. The number of carbonyl (C=O) groups is 1. The van der Waals surface area contributed by atoms with Gasteiger partial charge in [-0.05, 0) is 38.8 Å². The predicted octanol–water partition coefficient (Wildman–Crippen LogP) is 4.20. The first kappa shape index (κ1) is 19.6. The van der Waals surface area contributed by atoms with Crippen LogP contribution in [0.1, 0.15) is 36.3 Å². The van der Waals surface area contributed by atoms with E-state index in [1.54, 1.807) is 17.5 Å². The molecule has 1 aliphatic rings. The van der Waals surface area contributed by atoms with Crippen molar-refractivity contribution < 1.29 is 9.32 Å². The van der Waals surface area contributed by atoms with Gasteiger partial charge in [0.05, 0.1) is 21.8 Å². The van der Waals surface area contributed by atoms with E-state index in [1.165, 1.54) is 4.88 Å². The molecular formula is C21H25N5O2S. The van der Waals surface area contributed by atoms with Gasteiger partial charge in [-0.3, -0.25) is 4.79 Å². The molecule has 3 aromatic heterocycles. The maximum atomic E-state index is 12.1. The SMILES string of the molecule is Cc1cc(-c2cnc(NCCNC(=O)C3CCCC3)nc2-c2ccc(C)s2)on1. The van der Waals surface area contributed by atoms with Gasteiger partial charge in [-0.15, -0.1) is 11.3 Å². The number of anilines is 1. The van der Waals surface area contributed by atoms with Crippen molar-refractivity contribution in [1.82, 2.24) is 20.4 Å². The quantitative estimate of drug-likeness (QED) is 0.566. The Kier molecular flexibility index (Phi) is 5.89. The summed E-state index contributed by atoms with van der Waals surface area (Å²) in [5.74, 6) is 1.53. The molecule has 3 aromatic rings. The number of thiophene rings is 1. The Hall–Kier alpha value is -2.74. The molecule has 0 radical (unpaired) electrons. The third-order valence-electron chi connectivity index (χ3n) is 5.09. The molecule has 8 heteroatoms. The van der Waals surface area contributed by atoms with Crippen LogP contribution >= 0.6 is 11.3 Å². The average Bonchev–Trinajstić information content (AvgIpc) is 3.47. The molecule has 0 unspecified atom stereocenters. The van der Waals surface area contributed by atoms with Crippen LogP contribution in [-0.4, -0.2) is 34.1 Å². The van der Waals surface area contributed by atoms with Gasteiger partial charge in [0.2, 0.25) is 11.9 Å². The van der Waals surface area contributed by atoms with Crippen LogP contribution < -0.4 is 10.6 Å². The predicted molar refractivity (Wildman–Crippen MR) is 114 cm³/mol. The van der Waals surface area contributed by atoms with Gasteiger partial charge in [-0.2, -0.15) is 0 Å². The van der Waals surface area contributed by atoms with E-state index in [9.17, 15) is 4.79 Å². The van der Waals surface area contributed by atoms with E-state index in [0.717, 1.165) is 47.5 Å². The second-order valence-electron chi connectivity index (χ2n) is 7.40. The van der Waals surface area contributed by atoms with Crippen molar-refractivity contribution in [2.45, 2.75) is 39.5 Å². The molecule has 0 bridgehead atoms. The zero-order valence-corrected chi connectivity index (χ0v) is 17.5. The fraction of sp³-hybridized carbons (Fsp3) is 0.429. The Labute approximate surface area is 173 Å². The summed E-state index contributed by atoms with van der Waals surface area (Å²) in [7, 11) is 0. The number of carbonyl (C=O) groups excluding carboxylic acids is 1. The maximum Gasteiger partial charge on any atom is 0.223 e. The average molecular weight is 412 g/mol. The Morgan fingerprint density at radius 1 is 1.24 bits per heavy atom. The van der Waals surface area contributed by atoms with Gasteiger partial charge in [0.15, 0.2) is 5.76 Å². The van der Waals surface area contributed by atoms with Gasteiger partial charge >= 0.3 is 0 Å². The minimum Gasteiger partial charge on any atom is -0.356 e. The Morgan fingerprint density at radius 2 is 2.07 bits per heavy atom. The molecule has 0 spiro atoms. The topological polar surface area (TPSA) is 92.9 Å². The Balaban J connectivity index is 1.46. The van der Waals surface area contributed by atoms with Crippen molar-refractivity contribution in [2.75, 3.05) is 18.4 Å². The first-order valence-electron chi connectivity index (χ1n) is 9.99. The summed E-state index contributed by atoms with van der Waals surface area (Å²) in [5.41, 5.74) is 2.44. The number of amides is 1. The Morgan fingerprint density at radius 3 is 2.76 bits per heavy atom. The molecule has 3 heterocycles. The fourth-order valence-corrected chi connectivity index (χ4v) is 4.45. The summed E-state index contributed by atoms with van der Waals surface area (Å²) in [6.45, 7) is 5.08. The van der Waals surface area contributed by atoms with Gasteiger partial charge in [-0.1, -0.05) is 18.0 Å². The highest BCUT2D eigenvalue weighted by molar-refractivity contribution is 7.15. The molecule has 0 aromatic carbocycles. The third-order valence-corrected chi connectivity index (χ3v) is 6.10. The van der Waals surface area contributed by atoms with Crippen LogP contribution in [-0.2, 0) is 4.79 Å². The zero-order chi connectivity index (χ0) is 20.2. The highest BCUT2D eigenvalue weighted by Crippen LogP contribution is 2.35. The lowest BCUT2D eigenvalue weighted by Crippen LogP contribution is -2.33. The van der Waals surface area contributed by atoms with Gasteiger partial charge in [0.25, 0.3) is 0 Å². The highest BCUT2D eigenvalue weighted by Gasteiger charge is 2.22. The monoisotopic (exact) mass is 411 g/mol. The number of hydrogen-bond acceptors (Lipinski definition) is 7. The first-order chi connectivity index (χ1) is 14.1. The van der Waals surface area contributed by atoms with Crippen molar-refractivity contribution in [3.8, 4) is 21.9 Å². The molecule has 2 N–H and O–H groups in total. The first-order valence-corrected chi connectivity index (χ1v) is 10.8. The number of aryl methyl sites for hydroxylation is 2. The summed E-state index contributed by atoms with van der Waals surface area (Å²) in [6, 6.07) is 6.01. The number of aromatic nitrogens is 3. The normalized spacial score (nSPS) is 14.3. The molecule has 4 rings (SSSR count). The van der Waals surface area contributed by atoms with E-state index >= 15 is 0 Å². The number of rotatable bonds is 7. The number of nitrogens with one attached hydrogen (secondary N) is 2. The molecule has 1 saturated carbocycles. The van der Waals surface area contributed by atoms with Crippen molar-refractivity contribution in [3.63, 3.8) is 0 Å². The van der Waals surface area contributed by atoms with Crippen molar-refractivity contribution in [2.24, 2.45) is 5.92 Å². The molecule has 7 nitrogen and oxygen atoms in total. The number of nitrogens with zero attached hydrogens (tertiary/aromatic N) is 3. The lowest BCUT2D eigenvalue weighted by atomic mass is 10.1. The molecular weight excluding hydrogens is 386 g/mol. The summed E-state index contributed by atoms with van der Waals surface area (Å²) >= 11 is 1.67. The molecule has 0 saturated heterocycles. The van der Waals surface area contributed by atoms with Crippen LogP contribution in [0.4, 0.5) is 5.95 Å². The Bertz CT molecular complexity index is 991. The largest absolute Gasteiger partial charge is 0.356 e. The molecule has 29 heavy (non-hydrogen) atoms. The van der Waals surface area contributed by atoms with Crippen LogP contribution in [0.3, 0.4) is 0 Å². The summed E-state index contributed by atoms with van der Waals surface area (Å²) in [5, 5.41) is 10.2. The second-order valence-corrected chi connectivity index (χ2v) is 8.69. The van der Waals surface area contributed by atoms with Crippen LogP contribution in [0, 0.1) is 19.8 Å². The van der Waals surface area contributed by atoms with Crippen molar-refractivity contribution >= 4 is 23.2 Å². The fourth-order valence-electron chi connectivity index (χ4n) is 3.58. The standard InChI is InChI=1S/C21H25N5O2S/c1-13-11-17(28-26-13)16-12-24-21(25-19(16)18-8-7-14(2)29-18)23-10-9-22-20(27)15-5-3-4-6-15/h7-8,11-12,15H,3-6,9-10H2,1-2H3,(H,22,27)(H,23,24,25). The lowest BCUT2D eigenvalue weighted by Gasteiger charge is -2.11. The van der Waals surface area contributed by atoms with E-state index in [2.05, 4.69) is 39.8 Å². The van der Waals surface area contributed by atoms with Gasteiger partial charge in [0.1, 0.15) is 0 Å². The smallest absolute Gasteiger partial charge is 0.223 e. The second kappa shape index (κ2) is 8.73. The third kappa shape index (κ3) is 4.64. The molecule has 1 aliphatic carbocycles. The van der Waals surface area contributed by atoms with Crippen LogP contribution in [0.15, 0.2) is 28.9 Å². The van der Waals surface area contributed by atoms with Gasteiger partial charge in [-0.25, -0.2) is 9.97 Å². The molecule has 0 atom stereocenters. The van der Waals surface area contributed by atoms with E-state index < -0.39 is 0 Å². The van der Waals surface area contributed by atoms with Crippen LogP contribution in [0.25, 0.3) is 21.9 Å². The summed E-state index contributed by atoms with van der Waals surface area (Å²) in [4.78, 5) is 23.5. The molecule has 0 aliphatic heterocycles.